The molecule has 0 saturated carbocycles. The van der Waals surface area contributed by atoms with Crippen LogP contribution in [-0.2, 0) is 17.0 Å². The van der Waals surface area contributed by atoms with Crippen LogP contribution in [0.2, 0.25) is 0 Å². The van der Waals surface area contributed by atoms with E-state index in [0.717, 1.165) is 24.3 Å². The average Bonchev–Trinajstić information content (AvgIpc) is 2.61. The second-order valence-electron chi connectivity index (χ2n) is 5.70. The molecule has 1 amide bonds. The van der Waals surface area contributed by atoms with Gasteiger partial charge in [0.2, 0.25) is 5.91 Å². The van der Waals surface area contributed by atoms with Crippen LogP contribution in [0.3, 0.4) is 0 Å². The van der Waals surface area contributed by atoms with E-state index in [1.807, 2.05) is 24.3 Å². The van der Waals surface area contributed by atoms with E-state index < -0.39 is 0 Å². The van der Waals surface area contributed by atoms with Crippen LogP contribution in [0.25, 0.3) is 0 Å². The van der Waals surface area contributed by atoms with Crippen molar-refractivity contribution in [3.63, 3.8) is 0 Å². The van der Waals surface area contributed by atoms with Crippen molar-refractivity contribution in [2.75, 3.05) is 12.9 Å². The molecule has 1 N–H and O–H groups in total. The zero-order valence-electron chi connectivity index (χ0n) is 14.2. The van der Waals surface area contributed by atoms with Crippen LogP contribution in [0.5, 0.6) is 5.75 Å². The molecule has 0 aliphatic rings. The molecule has 1 aromatic carbocycles. The molecule has 24 heavy (non-hydrogen) atoms. The Hall–Kier alpha value is -2.01. The third kappa shape index (κ3) is 6.62. The topological polar surface area (TPSA) is 51.2 Å². The zero-order chi connectivity index (χ0) is 17.2. The maximum atomic E-state index is 12.0. The maximum absolute atomic E-state index is 12.0. The largest absolute Gasteiger partial charge is 0.497 e. The first kappa shape index (κ1) is 18.3. The van der Waals surface area contributed by atoms with E-state index in [-0.39, 0.29) is 11.9 Å². The summed E-state index contributed by atoms with van der Waals surface area (Å²) >= 11 is 1.62. The van der Waals surface area contributed by atoms with Gasteiger partial charge >= 0.3 is 0 Å². The molecule has 1 heterocycles. The number of carbonyl (C=O) groups excluding carboxylic acids is 1. The van der Waals surface area contributed by atoms with Crippen molar-refractivity contribution in [3.05, 3.63) is 59.9 Å². The lowest BCUT2D eigenvalue weighted by Gasteiger charge is -2.14. The van der Waals surface area contributed by atoms with Crippen molar-refractivity contribution in [1.29, 1.82) is 0 Å². The summed E-state index contributed by atoms with van der Waals surface area (Å²) in [6.07, 6.45) is 5.41. The number of aromatic nitrogens is 1. The van der Waals surface area contributed by atoms with Gasteiger partial charge in [-0.15, -0.1) is 11.8 Å². The smallest absolute Gasteiger partial charge is 0.230 e. The molecule has 2 rings (SSSR count). The van der Waals surface area contributed by atoms with E-state index in [0.29, 0.717) is 5.75 Å². The van der Waals surface area contributed by atoms with Gasteiger partial charge in [0.05, 0.1) is 12.9 Å². The second kappa shape index (κ2) is 9.98. The molecule has 1 atom stereocenters. The molecule has 0 bridgehead atoms. The van der Waals surface area contributed by atoms with Crippen LogP contribution in [0.15, 0.2) is 48.8 Å². The zero-order valence-corrected chi connectivity index (χ0v) is 15.0. The number of methoxy groups -OCH3 is 1. The summed E-state index contributed by atoms with van der Waals surface area (Å²) in [5, 5.41) is 3.06. The predicted molar refractivity (Wildman–Crippen MR) is 99.3 cm³/mol. The van der Waals surface area contributed by atoms with Gasteiger partial charge in [-0.2, -0.15) is 0 Å². The number of hydrogen-bond donors (Lipinski definition) is 1. The van der Waals surface area contributed by atoms with E-state index in [2.05, 4.69) is 29.4 Å². The van der Waals surface area contributed by atoms with E-state index in [1.54, 1.807) is 31.3 Å². The highest BCUT2D eigenvalue weighted by molar-refractivity contribution is 7.99. The fourth-order valence-corrected chi connectivity index (χ4v) is 3.10. The van der Waals surface area contributed by atoms with Gasteiger partial charge in [0.25, 0.3) is 0 Å². The molecule has 128 valence electrons. The summed E-state index contributed by atoms with van der Waals surface area (Å²) in [7, 11) is 1.67. The molecule has 0 aliphatic carbocycles. The molecule has 0 spiro atoms. The van der Waals surface area contributed by atoms with Crippen LogP contribution in [-0.4, -0.2) is 29.8 Å². The van der Waals surface area contributed by atoms with Gasteiger partial charge in [-0.1, -0.05) is 12.1 Å². The van der Waals surface area contributed by atoms with Crippen LogP contribution in [0, 0.1) is 0 Å². The highest BCUT2D eigenvalue weighted by Crippen LogP contribution is 2.14. The first-order valence-electron chi connectivity index (χ1n) is 8.06. The second-order valence-corrected chi connectivity index (χ2v) is 6.69. The number of hydrogen-bond acceptors (Lipinski definition) is 4. The van der Waals surface area contributed by atoms with Crippen LogP contribution in [0.4, 0.5) is 0 Å². The lowest BCUT2D eigenvalue weighted by Crippen LogP contribution is -2.34. The van der Waals surface area contributed by atoms with Crippen LogP contribution >= 0.6 is 11.8 Å². The Bertz CT molecular complexity index is 617. The average molecular weight is 344 g/mol. The Morgan fingerprint density at radius 3 is 2.54 bits per heavy atom. The van der Waals surface area contributed by atoms with Crippen LogP contribution < -0.4 is 10.1 Å². The van der Waals surface area contributed by atoms with Gasteiger partial charge in [0.1, 0.15) is 5.75 Å². The van der Waals surface area contributed by atoms with Gasteiger partial charge in [0, 0.05) is 24.2 Å². The Kier molecular flexibility index (Phi) is 7.62. The standard InChI is InChI=1S/C19H24N2O2S/c1-15(3-4-16-5-7-18(23-2)8-6-16)21-19(22)14-24-13-17-9-11-20-12-10-17/h5-12,15H,3-4,13-14H2,1-2H3,(H,21,22)/t15-/m0/s1. The lowest BCUT2D eigenvalue weighted by molar-refractivity contribution is -0.119. The normalized spacial score (nSPS) is 11.8. The maximum Gasteiger partial charge on any atom is 0.230 e. The van der Waals surface area contributed by atoms with E-state index >= 15 is 0 Å². The summed E-state index contributed by atoms with van der Waals surface area (Å²) in [4.78, 5) is 16.0. The molecule has 5 heteroatoms. The van der Waals surface area contributed by atoms with Gasteiger partial charge in [0.15, 0.2) is 0 Å². The highest BCUT2D eigenvalue weighted by atomic mass is 32.2. The Balaban J connectivity index is 1.63. The third-order valence-corrected chi connectivity index (χ3v) is 4.69. The number of nitrogens with zero attached hydrogens (tertiary/aromatic N) is 1. The molecule has 0 unspecified atom stereocenters. The van der Waals surface area contributed by atoms with Gasteiger partial charge in [-0.05, 0) is 55.2 Å². The van der Waals surface area contributed by atoms with Crippen molar-refractivity contribution in [2.45, 2.75) is 31.6 Å². The monoisotopic (exact) mass is 344 g/mol. The summed E-state index contributed by atoms with van der Waals surface area (Å²) in [5.41, 5.74) is 2.44. The quantitative estimate of drug-likeness (QED) is 0.757. The number of benzene rings is 1. The van der Waals surface area contributed by atoms with Gasteiger partial charge in [-0.25, -0.2) is 0 Å². The van der Waals surface area contributed by atoms with Gasteiger partial charge < -0.3 is 10.1 Å². The van der Waals surface area contributed by atoms with Crippen molar-refractivity contribution < 1.29 is 9.53 Å². The molecular weight excluding hydrogens is 320 g/mol. The first-order chi connectivity index (χ1) is 11.7. The van der Waals surface area contributed by atoms with E-state index in [1.165, 1.54) is 11.1 Å². The highest BCUT2D eigenvalue weighted by Gasteiger charge is 2.08. The Morgan fingerprint density at radius 2 is 1.88 bits per heavy atom. The van der Waals surface area contributed by atoms with E-state index in [4.69, 9.17) is 4.74 Å². The fraction of sp³-hybridized carbons (Fsp3) is 0.368. The number of nitrogens with one attached hydrogen (secondary N) is 1. The molecule has 1 aromatic heterocycles. The first-order valence-corrected chi connectivity index (χ1v) is 9.22. The molecule has 0 aliphatic heterocycles. The van der Waals surface area contributed by atoms with Crippen molar-refractivity contribution in [2.24, 2.45) is 0 Å². The van der Waals surface area contributed by atoms with Crippen molar-refractivity contribution >= 4 is 17.7 Å². The lowest BCUT2D eigenvalue weighted by atomic mass is 10.1. The summed E-state index contributed by atoms with van der Waals surface area (Å²) in [6, 6.07) is 12.2. The number of rotatable bonds is 9. The number of carbonyl (C=O) groups is 1. The third-order valence-electron chi connectivity index (χ3n) is 3.68. The minimum Gasteiger partial charge on any atom is -0.497 e. The molecule has 0 saturated heterocycles. The number of pyridine rings is 1. The summed E-state index contributed by atoms with van der Waals surface area (Å²) in [6.45, 7) is 2.05. The number of thioether (sulfide) groups is 1. The minimum atomic E-state index is 0.0938. The Morgan fingerprint density at radius 1 is 1.17 bits per heavy atom. The van der Waals surface area contributed by atoms with Gasteiger partial charge in [-0.3, -0.25) is 9.78 Å². The van der Waals surface area contributed by atoms with Crippen molar-refractivity contribution in [1.82, 2.24) is 10.3 Å². The minimum absolute atomic E-state index is 0.0938. The van der Waals surface area contributed by atoms with Crippen molar-refractivity contribution in [3.8, 4) is 5.75 Å². The molecule has 0 fully saturated rings. The molecular formula is C19H24N2O2S. The Labute approximate surface area is 148 Å². The molecule has 0 radical (unpaired) electrons. The fourth-order valence-electron chi connectivity index (χ4n) is 2.30. The number of aryl methyl sites for hydroxylation is 1. The summed E-state index contributed by atoms with van der Waals surface area (Å²) < 4.78 is 5.15. The molecule has 2 aromatic rings. The number of ether oxygens (including phenoxy) is 1. The SMILES string of the molecule is COc1ccc(CC[C@H](C)NC(=O)CSCc2ccncc2)cc1. The number of amides is 1. The van der Waals surface area contributed by atoms with Crippen LogP contribution in [0.1, 0.15) is 24.5 Å². The predicted octanol–water partition coefficient (Wildman–Crippen LogP) is 3.46. The van der Waals surface area contributed by atoms with E-state index in [9.17, 15) is 4.79 Å². The molecule has 4 nitrogen and oxygen atoms in total. The summed E-state index contributed by atoms with van der Waals surface area (Å²) in [5.74, 6) is 2.27.